The average molecular weight is 282 g/mol. The van der Waals surface area contributed by atoms with E-state index in [4.69, 9.17) is 4.74 Å². The second-order valence-electron chi connectivity index (χ2n) is 4.83. The Labute approximate surface area is 118 Å². The fourth-order valence-corrected chi connectivity index (χ4v) is 3.19. The van der Waals surface area contributed by atoms with Crippen molar-refractivity contribution in [3.05, 3.63) is 21.9 Å². The zero-order valence-corrected chi connectivity index (χ0v) is 12.5. The summed E-state index contributed by atoms with van der Waals surface area (Å²) in [5.41, 5.74) is 1.31. The summed E-state index contributed by atoms with van der Waals surface area (Å²) in [6.07, 6.45) is 1.15. The second kappa shape index (κ2) is 7.03. The van der Waals surface area contributed by atoms with Crippen LogP contribution in [0.5, 0.6) is 0 Å². The number of ether oxygens (including phenoxy) is 1. The van der Waals surface area contributed by atoms with Gasteiger partial charge < -0.3 is 15.0 Å². The van der Waals surface area contributed by atoms with Gasteiger partial charge in [-0.05, 0) is 37.3 Å². The Kier molecular flexibility index (Phi) is 5.36. The molecule has 0 fully saturated rings. The van der Waals surface area contributed by atoms with Crippen LogP contribution in [0.1, 0.15) is 24.3 Å². The van der Waals surface area contributed by atoms with Crippen LogP contribution in [0.4, 0.5) is 0 Å². The Morgan fingerprint density at radius 3 is 3.26 bits per heavy atom. The first-order chi connectivity index (χ1) is 9.20. The van der Waals surface area contributed by atoms with Gasteiger partial charge in [-0.1, -0.05) is 0 Å². The first kappa shape index (κ1) is 14.5. The molecule has 1 N–H and O–H groups in total. The molecule has 0 bridgehead atoms. The summed E-state index contributed by atoms with van der Waals surface area (Å²) in [6.45, 7) is 7.43. The molecule has 0 radical (unpaired) electrons. The van der Waals surface area contributed by atoms with E-state index in [1.165, 1.54) is 10.4 Å². The van der Waals surface area contributed by atoms with Crippen LogP contribution in [0, 0.1) is 0 Å². The average Bonchev–Trinajstić information content (AvgIpc) is 2.86. The smallest absolute Gasteiger partial charge is 0.236 e. The van der Waals surface area contributed by atoms with E-state index in [1.54, 1.807) is 11.3 Å². The summed E-state index contributed by atoms with van der Waals surface area (Å²) in [5.74, 6) is 0.181. The predicted molar refractivity (Wildman–Crippen MR) is 77.4 cm³/mol. The molecule has 2 heterocycles. The van der Waals surface area contributed by atoms with Gasteiger partial charge in [-0.2, -0.15) is 0 Å². The van der Waals surface area contributed by atoms with Gasteiger partial charge >= 0.3 is 0 Å². The minimum absolute atomic E-state index is 0.155. The first-order valence-electron chi connectivity index (χ1n) is 6.86. The normalized spacial score (nSPS) is 16.2. The lowest BCUT2D eigenvalue weighted by Gasteiger charge is -2.27. The van der Waals surface area contributed by atoms with Crippen LogP contribution in [0.3, 0.4) is 0 Å². The summed E-state index contributed by atoms with van der Waals surface area (Å²) in [4.78, 5) is 15.5. The lowest BCUT2D eigenvalue weighted by molar-refractivity contribution is -0.131. The molecule has 2 rings (SSSR count). The summed E-state index contributed by atoms with van der Waals surface area (Å²) in [6, 6.07) is 2.13. The molecule has 0 aliphatic carbocycles. The van der Waals surface area contributed by atoms with Gasteiger partial charge in [0.25, 0.3) is 0 Å². The number of rotatable bonds is 6. The summed E-state index contributed by atoms with van der Waals surface area (Å²) in [7, 11) is 0. The van der Waals surface area contributed by atoms with Gasteiger partial charge in [-0.25, -0.2) is 0 Å². The molecular weight excluding hydrogens is 260 g/mol. The number of carbonyl (C=O) groups is 1. The van der Waals surface area contributed by atoms with E-state index in [-0.39, 0.29) is 12.0 Å². The number of hydrogen-bond donors (Lipinski definition) is 1. The molecular formula is C14H22N2O2S. The number of nitrogens with zero attached hydrogens (tertiary/aromatic N) is 1. The Morgan fingerprint density at radius 1 is 1.63 bits per heavy atom. The van der Waals surface area contributed by atoms with Crippen LogP contribution >= 0.6 is 11.3 Å². The molecule has 1 unspecified atom stereocenters. The van der Waals surface area contributed by atoms with Crippen molar-refractivity contribution in [2.24, 2.45) is 0 Å². The molecule has 1 aromatic heterocycles. The lowest BCUT2D eigenvalue weighted by Crippen LogP contribution is -2.42. The molecule has 0 spiro atoms. The van der Waals surface area contributed by atoms with Crippen molar-refractivity contribution in [1.82, 2.24) is 10.2 Å². The van der Waals surface area contributed by atoms with Crippen LogP contribution < -0.4 is 5.32 Å². The quantitative estimate of drug-likeness (QED) is 0.862. The minimum atomic E-state index is 0.155. The summed E-state index contributed by atoms with van der Waals surface area (Å²) >= 11 is 1.80. The van der Waals surface area contributed by atoms with Gasteiger partial charge in [0, 0.05) is 31.1 Å². The fourth-order valence-electron chi connectivity index (χ4n) is 2.30. The lowest BCUT2D eigenvalue weighted by atomic mass is 10.1. The molecule has 1 atom stereocenters. The number of thiophene rings is 1. The predicted octanol–water partition coefficient (Wildman–Crippen LogP) is 1.65. The van der Waals surface area contributed by atoms with Crippen molar-refractivity contribution in [2.75, 3.05) is 26.2 Å². The zero-order chi connectivity index (χ0) is 13.7. The molecule has 1 aliphatic heterocycles. The van der Waals surface area contributed by atoms with Crippen molar-refractivity contribution in [1.29, 1.82) is 0 Å². The van der Waals surface area contributed by atoms with Crippen LogP contribution in [-0.2, 0) is 22.5 Å². The van der Waals surface area contributed by atoms with E-state index >= 15 is 0 Å². The van der Waals surface area contributed by atoms with Crippen LogP contribution in [0.25, 0.3) is 0 Å². The molecule has 19 heavy (non-hydrogen) atoms. The number of nitrogens with one attached hydrogen (secondary N) is 1. The molecule has 0 aromatic carbocycles. The van der Waals surface area contributed by atoms with Crippen LogP contribution in [0.15, 0.2) is 11.4 Å². The molecule has 0 saturated carbocycles. The molecule has 4 nitrogen and oxygen atoms in total. The van der Waals surface area contributed by atoms with Gasteiger partial charge in [-0.15, -0.1) is 11.3 Å². The summed E-state index contributed by atoms with van der Waals surface area (Å²) in [5, 5.41) is 5.28. The van der Waals surface area contributed by atoms with Gasteiger partial charge in [0.15, 0.2) is 0 Å². The van der Waals surface area contributed by atoms with Crippen molar-refractivity contribution in [2.45, 2.75) is 32.9 Å². The van der Waals surface area contributed by atoms with Crippen LogP contribution in [0.2, 0.25) is 0 Å². The Bertz CT molecular complexity index is 419. The van der Waals surface area contributed by atoms with Gasteiger partial charge in [0.05, 0.1) is 12.6 Å². The van der Waals surface area contributed by atoms with Gasteiger partial charge in [-0.3, -0.25) is 4.79 Å². The van der Waals surface area contributed by atoms with Crippen molar-refractivity contribution < 1.29 is 9.53 Å². The van der Waals surface area contributed by atoms with E-state index in [1.807, 2.05) is 18.7 Å². The number of amides is 1. The number of hydrogen-bond acceptors (Lipinski definition) is 4. The summed E-state index contributed by atoms with van der Waals surface area (Å²) < 4.78 is 5.42. The molecule has 106 valence electrons. The fraction of sp³-hybridized carbons (Fsp3) is 0.643. The third-order valence-electron chi connectivity index (χ3n) is 3.32. The monoisotopic (exact) mass is 282 g/mol. The highest BCUT2D eigenvalue weighted by Crippen LogP contribution is 2.23. The molecule has 1 aliphatic rings. The van der Waals surface area contributed by atoms with E-state index in [0.717, 1.165) is 26.1 Å². The Balaban J connectivity index is 1.73. The largest absolute Gasteiger partial charge is 0.377 e. The van der Waals surface area contributed by atoms with Gasteiger partial charge in [0.2, 0.25) is 5.91 Å². The van der Waals surface area contributed by atoms with Crippen LogP contribution in [-0.4, -0.2) is 43.2 Å². The maximum atomic E-state index is 12.1. The molecule has 0 saturated heterocycles. The molecule has 5 heteroatoms. The number of fused-ring (bicyclic) bond motifs is 1. The molecule has 1 amide bonds. The van der Waals surface area contributed by atoms with E-state index in [2.05, 4.69) is 16.8 Å². The van der Waals surface area contributed by atoms with Gasteiger partial charge in [0.1, 0.15) is 0 Å². The van der Waals surface area contributed by atoms with Crippen molar-refractivity contribution in [3.63, 3.8) is 0 Å². The Morgan fingerprint density at radius 2 is 2.47 bits per heavy atom. The standard InChI is InChI=1S/C14H22N2O2S/c1-3-18-11(2)8-15-9-14(17)16-6-4-13-12(10-16)5-7-19-13/h5,7,11,15H,3-4,6,8-10H2,1-2H3. The highest BCUT2D eigenvalue weighted by Gasteiger charge is 2.20. The second-order valence-corrected chi connectivity index (χ2v) is 5.83. The third kappa shape index (κ3) is 4.03. The third-order valence-corrected chi connectivity index (χ3v) is 4.34. The zero-order valence-electron chi connectivity index (χ0n) is 11.6. The highest BCUT2D eigenvalue weighted by atomic mass is 32.1. The Hall–Kier alpha value is -0.910. The van der Waals surface area contributed by atoms with E-state index in [0.29, 0.717) is 13.2 Å². The minimum Gasteiger partial charge on any atom is -0.377 e. The maximum absolute atomic E-state index is 12.1. The first-order valence-corrected chi connectivity index (χ1v) is 7.74. The van der Waals surface area contributed by atoms with Crippen molar-refractivity contribution in [3.8, 4) is 0 Å². The topological polar surface area (TPSA) is 41.6 Å². The molecule has 1 aromatic rings. The number of carbonyl (C=O) groups excluding carboxylic acids is 1. The highest BCUT2D eigenvalue weighted by molar-refractivity contribution is 7.10. The van der Waals surface area contributed by atoms with Crippen molar-refractivity contribution >= 4 is 17.2 Å². The van der Waals surface area contributed by atoms with E-state index in [9.17, 15) is 4.79 Å². The SMILES string of the molecule is CCOC(C)CNCC(=O)N1CCc2sccc2C1. The maximum Gasteiger partial charge on any atom is 0.236 e. The van der Waals surface area contributed by atoms with E-state index < -0.39 is 0 Å².